The largest absolute Gasteiger partial charge is 0.348 e. The van der Waals surface area contributed by atoms with Gasteiger partial charge in [0.05, 0.1) is 5.69 Å². The maximum absolute atomic E-state index is 12.4. The topological polar surface area (TPSA) is 77.0 Å². The molecule has 7 nitrogen and oxygen atoms in total. The van der Waals surface area contributed by atoms with E-state index in [0.717, 1.165) is 25.2 Å². The number of hydrazine groups is 1. The number of amides is 2. The molecule has 2 N–H and O–H groups in total. The van der Waals surface area contributed by atoms with E-state index in [-0.39, 0.29) is 24.2 Å². The number of likely N-dealkylation sites (tertiary alicyclic amines) is 1. The van der Waals surface area contributed by atoms with E-state index in [0.29, 0.717) is 24.1 Å². The first-order valence-corrected chi connectivity index (χ1v) is 9.63. The highest BCUT2D eigenvalue weighted by atomic mass is 16.2. The van der Waals surface area contributed by atoms with E-state index in [4.69, 9.17) is 0 Å². The van der Waals surface area contributed by atoms with Crippen molar-refractivity contribution in [1.82, 2.24) is 15.6 Å². The van der Waals surface area contributed by atoms with Gasteiger partial charge in [-0.1, -0.05) is 31.5 Å². The highest BCUT2D eigenvalue weighted by Crippen LogP contribution is 2.20. The summed E-state index contributed by atoms with van der Waals surface area (Å²) in [7, 11) is 0. The Balaban J connectivity index is 1.52. The Morgan fingerprint density at radius 1 is 1.22 bits per heavy atom. The van der Waals surface area contributed by atoms with Gasteiger partial charge in [0.1, 0.15) is 6.54 Å². The summed E-state index contributed by atoms with van der Waals surface area (Å²) in [6, 6.07) is 7.55. The molecule has 0 aromatic heterocycles. The molecule has 1 aromatic rings. The molecule has 2 unspecified atom stereocenters. The van der Waals surface area contributed by atoms with Gasteiger partial charge in [-0.25, -0.2) is 5.01 Å². The summed E-state index contributed by atoms with van der Waals surface area (Å²) in [6.45, 7) is 10.1. The molecule has 7 heteroatoms. The number of carbonyl (C=O) groups excluding carboxylic acids is 2. The van der Waals surface area contributed by atoms with Crippen LogP contribution in [0.3, 0.4) is 0 Å². The molecular weight excluding hydrogens is 342 g/mol. The monoisotopic (exact) mass is 371 g/mol. The normalized spacial score (nSPS) is 23.6. The van der Waals surface area contributed by atoms with Gasteiger partial charge in [-0.05, 0) is 37.3 Å². The Morgan fingerprint density at radius 2 is 1.89 bits per heavy atom. The van der Waals surface area contributed by atoms with Crippen LogP contribution in [0.25, 0.3) is 0 Å². The summed E-state index contributed by atoms with van der Waals surface area (Å²) in [4.78, 5) is 31.1. The Morgan fingerprint density at radius 3 is 2.56 bits per heavy atom. The third kappa shape index (κ3) is 5.07. The smallest absolute Gasteiger partial charge is 0.288 e. The van der Waals surface area contributed by atoms with Crippen molar-refractivity contribution >= 4 is 23.3 Å². The number of amidine groups is 1. The molecule has 2 aliphatic rings. The maximum Gasteiger partial charge on any atom is 0.288 e. The highest BCUT2D eigenvalue weighted by Gasteiger charge is 2.26. The second-order valence-electron chi connectivity index (χ2n) is 7.80. The second-order valence-corrected chi connectivity index (χ2v) is 7.80. The first-order chi connectivity index (χ1) is 12.9. The highest BCUT2D eigenvalue weighted by molar-refractivity contribution is 6.39. The van der Waals surface area contributed by atoms with Crippen molar-refractivity contribution < 1.29 is 9.59 Å². The fraction of sp³-hybridized carbons (Fsp3) is 0.550. The van der Waals surface area contributed by atoms with Gasteiger partial charge in [-0.2, -0.15) is 0 Å². The standard InChI is InChI=1S/C20H29N5O2/c1-14-4-6-17(7-5-14)25-18(26)11-22-19(23-25)20(27)21-8-9-24-12-15(2)10-16(3)13-24/h4-7,15-16H,8-13H2,1-3H3,(H,21,27)(H,22,23). The van der Waals surface area contributed by atoms with Gasteiger partial charge in [-0.3, -0.25) is 20.0 Å². The third-order valence-corrected chi connectivity index (χ3v) is 5.00. The zero-order chi connectivity index (χ0) is 19.4. The molecule has 1 fully saturated rings. The number of aliphatic imine (C=N–C) groups is 1. The van der Waals surface area contributed by atoms with Crippen molar-refractivity contribution in [3.05, 3.63) is 29.8 Å². The van der Waals surface area contributed by atoms with Crippen molar-refractivity contribution in [2.45, 2.75) is 27.2 Å². The van der Waals surface area contributed by atoms with Gasteiger partial charge >= 0.3 is 0 Å². The molecular formula is C20H29N5O2. The van der Waals surface area contributed by atoms with Crippen LogP contribution in [0.1, 0.15) is 25.8 Å². The van der Waals surface area contributed by atoms with Crippen LogP contribution in [-0.2, 0) is 9.59 Å². The molecule has 1 aromatic carbocycles. The van der Waals surface area contributed by atoms with Crippen LogP contribution in [-0.4, -0.2) is 55.3 Å². The molecule has 2 atom stereocenters. The van der Waals surface area contributed by atoms with E-state index in [9.17, 15) is 9.59 Å². The lowest BCUT2D eigenvalue weighted by Gasteiger charge is -2.35. The molecule has 2 heterocycles. The summed E-state index contributed by atoms with van der Waals surface area (Å²) in [6.07, 6.45) is 1.27. The summed E-state index contributed by atoms with van der Waals surface area (Å²) < 4.78 is 0. The Kier molecular flexibility index (Phi) is 6.11. The van der Waals surface area contributed by atoms with E-state index < -0.39 is 0 Å². The van der Waals surface area contributed by atoms with Gasteiger partial charge in [0.2, 0.25) is 5.84 Å². The van der Waals surface area contributed by atoms with E-state index in [1.54, 1.807) is 0 Å². The number of nitrogens with zero attached hydrogens (tertiary/aromatic N) is 3. The minimum Gasteiger partial charge on any atom is -0.348 e. The molecule has 3 rings (SSSR count). The van der Waals surface area contributed by atoms with Crippen molar-refractivity contribution in [1.29, 1.82) is 0 Å². The fourth-order valence-electron chi connectivity index (χ4n) is 3.83. The quantitative estimate of drug-likeness (QED) is 0.819. The minimum absolute atomic E-state index is 0.0369. The first kappa shape index (κ1) is 19.4. The lowest BCUT2D eigenvalue weighted by Crippen LogP contribution is -2.56. The van der Waals surface area contributed by atoms with Crippen LogP contribution in [0.15, 0.2) is 29.3 Å². The number of nitrogens with one attached hydrogen (secondary N) is 2. The molecule has 27 heavy (non-hydrogen) atoms. The average molecular weight is 371 g/mol. The number of carbonyl (C=O) groups is 2. The number of hydrogen-bond donors (Lipinski definition) is 2. The minimum atomic E-state index is -0.280. The number of rotatable bonds is 5. The molecule has 146 valence electrons. The molecule has 1 saturated heterocycles. The van der Waals surface area contributed by atoms with Gasteiger partial charge in [0.15, 0.2) is 0 Å². The van der Waals surface area contributed by atoms with Crippen molar-refractivity contribution in [2.75, 3.05) is 37.7 Å². The van der Waals surface area contributed by atoms with Gasteiger partial charge in [0.25, 0.3) is 11.8 Å². The summed E-state index contributed by atoms with van der Waals surface area (Å²) >= 11 is 0. The van der Waals surface area contributed by atoms with Crippen LogP contribution < -0.4 is 15.8 Å². The van der Waals surface area contributed by atoms with Crippen LogP contribution in [0.4, 0.5) is 5.69 Å². The third-order valence-electron chi connectivity index (χ3n) is 5.00. The molecule has 0 radical (unpaired) electrons. The molecule has 0 bridgehead atoms. The van der Waals surface area contributed by atoms with Gasteiger partial charge in [0, 0.05) is 26.2 Å². The van der Waals surface area contributed by atoms with Crippen LogP contribution in [0, 0.1) is 18.8 Å². The average Bonchev–Trinajstić information content (AvgIpc) is 2.62. The Bertz CT molecular complexity index is 706. The van der Waals surface area contributed by atoms with Crippen molar-refractivity contribution in [3.63, 3.8) is 0 Å². The Hall–Kier alpha value is -2.41. The van der Waals surface area contributed by atoms with Crippen molar-refractivity contribution in [2.24, 2.45) is 16.8 Å². The van der Waals surface area contributed by atoms with E-state index in [1.165, 1.54) is 11.4 Å². The lowest BCUT2D eigenvalue weighted by atomic mass is 9.92. The summed E-state index contributed by atoms with van der Waals surface area (Å²) in [5.41, 5.74) is 4.65. The number of hydrogen-bond acceptors (Lipinski definition) is 5. The zero-order valence-corrected chi connectivity index (χ0v) is 16.4. The van der Waals surface area contributed by atoms with Gasteiger partial charge < -0.3 is 10.2 Å². The SMILES string of the molecule is Cc1ccc(N2NC(C(=O)NCCN3CC(C)CC(C)C3)=NCC2=O)cc1. The number of benzene rings is 1. The molecule has 0 aliphatic carbocycles. The molecule has 2 amide bonds. The predicted molar refractivity (Wildman–Crippen MR) is 106 cm³/mol. The van der Waals surface area contributed by atoms with Gasteiger partial charge in [-0.15, -0.1) is 0 Å². The fourth-order valence-corrected chi connectivity index (χ4v) is 3.83. The van der Waals surface area contributed by atoms with Crippen LogP contribution in [0.5, 0.6) is 0 Å². The van der Waals surface area contributed by atoms with E-state index >= 15 is 0 Å². The van der Waals surface area contributed by atoms with E-state index in [2.05, 4.69) is 34.5 Å². The van der Waals surface area contributed by atoms with Crippen LogP contribution in [0.2, 0.25) is 0 Å². The first-order valence-electron chi connectivity index (χ1n) is 9.63. The predicted octanol–water partition coefficient (Wildman–Crippen LogP) is 1.34. The zero-order valence-electron chi connectivity index (χ0n) is 16.4. The molecule has 0 spiro atoms. The number of aryl methyl sites for hydroxylation is 1. The molecule has 2 aliphatic heterocycles. The summed E-state index contributed by atoms with van der Waals surface area (Å²) in [5.74, 6) is 1.10. The lowest BCUT2D eigenvalue weighted by molar-refractivity contribution is -0.118. The Labute approximate surface area is 160 Å². The second kappa shape index (κ2) is 8.52. The molecule has 0 saturated carbocycles. The number of piperidine rings is 1. The summed E-state index contributed by atoms with van der Waals surface area (Å²) in [5, 5.41) is 4.30. The van der Waals surface area contributed by atoms with Crippen LogP contribution >= 0.6 is 0 Å². The maximum atomic E-state index is 12.4. The number of anilines is 1. The van der Waals surface area contributed by atoms with E-state index in [1.807, 2.05) is 31.2 Å². The van der Waals surface area contributed by atoms with Crippen molar-refractivity contribution in [3.8, 4) is 0 Å².